The number of aromatic nitrogens is 1. The van der Waals surface area contributed by atoms with E-state index in [4.69, 9.17) is 0 Å². The quantitative estimate of drug-likeness (QED) is 0.875. The molecule has 0 amide bonds. The summed E-state index contributed by atoms with van der Waals surface area (Å²) >= 11 is 0. The standard InChI is InChI=1S/C15H19N3/c1-11(2)10-18-8-7-16-14-9-17-13-6-4-3-5-12(13)15(14)18/h3-6,9,11,16H,7-8,10H2,1-2H3. The Hall–Kier alpha value is -1.77. The van der Waals surface area contributed by atoms with E-state index in [0.717, 1.165) is 25.2 Å². The molecule has 0 atom stereocenters. The van der Waals surface area contributed by atoms with Crippen LogP contribution < -0.4 is 10.2 Å². The Bertz CT molecular complexity index is 563. The van der Waals surface area contributed by atoms with Gasteiger partial charge in [-0.25, -0.2) is 0 Å². The first kappa shape index (κ1) is 11.3. The Labute approximate surface area is 108 Å². The summed E-state index contributed by atoms with van der Waals surface area (Å²) in [7, 11) is 0. The Balaban J connectivity index is 2.15. The van der Waals surface area contributed by atoms with E-state index < -0.39 is 0 Å². The van der Waals surface area contributed by atoms with Crippen molar-refractivity contribution >= 4 is 22.3 Å². The van der Waals surface area contributed by atoms with Crippen LogP contribution in [0.15, 0.2) is 30.5 Å². The first-order valence-corrected chi connectivity index (χ1v) is 6.62. The molecule has 2 aromatic rings. The molecule has 3 heteroatoms. The molecule has 94 valence electrons. The summed E-state index contributed by atoms with van der Waals surface area (Å²) in [4.78, 5) is 7.01. The third-order valence-corrected chi connectivity index (χ3v) is 3.35. The van der Waals surface area contributed by atoms with Crippen molar-refractivity contribution in [2.24, 2.45) is 5.92 Å². The molecular weight excluding hydrogens is 222 g/mol. The van der Waals surface area contributed by atoms with Gasteiger partial charge in [-0.15, -0.1) is 0 Å². The molecule has 1 N–H and O–H groups in total. The Morgan fingerprint density at radius 1 is 1.33 bits per heavy atom. The highest BCUT2D eigenvalue weighted by Gasteiger charge is 2.20. The summed E-state index contributed by atoms with van der Waals surface area (Å²) in [5.41, 5.74) is 3.56. The molecule has 0 aliphatic carbocycles. The van der Waals surface area contributed by atoms with Crippen LogP contribution in [0.25, 0.3) is 10.9 Å². The van der Waals surface area contributed by atoms with E-state index in [9.17, 15) is 0 Å². The minimum absolute atomic E-state index is 0.669. The molecular formula is C15H19N3. The van der Waals surface area contributed by atoms with Gasteiger partial charge in [0, 0.05) is 25.0 Å². The lowest BCUT2D eigenvalue weighted by Crippen LogP contribution is -2.36. The summed E-state index contributed by atoms with van der Waals surface area (Å²) < 4.78 is 0. The lowest BCUT2D eigenvalue weighted by Gasteiger charge is -2.34. The van der Waals surface area contributed by atoms with E-state index in [1.165, 1.54) is 16.8 Å². The largest absolute Gasteiger partial charge is 0.380 e. The van der Waals surface area contributed by atoms with Crippen molar-refractivity contribution in [3.05, 3.63) is 30.5 Å². The van der Waals surface area contributed by atoms with Crippen LogP contribution in [0.3, 0.4) is 0 Å². The van der Waals surface area contributed by atoms with Gasteiger partial charge >= 0.3 is 0 Å². The molecule has 1 aromatic carbocycles. The van der Waals surface area contributed by atoms with Crippen molar-refractivity contribution in [3.63, 3.8) is 0 Å². The number of nitrogens with one attached hydrogen (secondary N) is 1. The molecule has 1 aliphatic heterocycles. The van der Waals surface area contributed by atoms with Crippen molar-refractivity contribution in [3.8, 4) is 0 Å². The Morgan fingerprint density at radius 2 is 2.17 bits per heavy atom. The first-order valence-electron chi connectivity index (χ1n) is 6.62. The van der Waals surface area contributed by atoms with Crippen LogP contribution in [0.2, 0.25) is 0 Å². The Morgan fingerprint density at radius 3 is 3.00 bits per heavy atom. The number of anilines is 2. The van der Waals surface area contributed by atoms with Crippen LogP contribution in [-0.4, -0.2) is 24.6 Å². The van der Waals surface area contributed by atoms with Gasteiger partial charge in [0.05, 0.1) is 23.1 Å². The zero-order valence-corrected chi connectivity index (χ0v) is 11.0. The molecule has 3 nitrogen and oxygen atoms in total. The monoisotopic (exact) mass is 241 g/mol. The van der Waals surface area contributed by atoms with E-state index in [0.29, 0.717) is 5.92 Å². The molecule has 1 aliphatic rings. The maximum atomic E-state index is 4.52. The fraction of sp³-hybridized carbons (Fsp3) is 0.400. The number of fused-ring (bicyclic) bond motifs is 3. The zero-order valence-electron chi connectivity index (χ0n) is 11.0. The number of rotatable bonds is 2. The van der Waals surface area contributed by atoms with Crippen molar-refractivity contribution in [2.45, 2.75) is 13.8 Å². The highest BCUT2D eigenvalue weighted by atomic mass is 15.2. The van der Waals surface area contributed by atoms with Gasteiger partial charge in [-0.05, 0) is 12.0 Å². The zero-order chi connectivity index (χ0) is 12.5. The number of pyridine rings is 1. The minimum atomic E-state index is 0.669. The second kappa shape index (κ2) is 4.48. The lowest BCUT2D eigenvalue weighted by molar-refractivity contribution is 0.611. The SMILES string of the molecule is CC(C)CN1CCNc2cnc3ccccc3c21. The van der Waals surface area contributed by atoms with Crippen LogP contribution >= 0.6 is 0 Å². The predicted molar refractivity (Wildman–Crippen MR) is 77.3 cm³/mol. The number of nitrogens with zero attached hydrogens (tertiary/aromatic N) is 2. The lowest BCUT2D eigenvalue weighted by atomic mass is 10.1. The molecule has 18 heavy (non-hydrogen) atoms. The van der Waals surface area contributed by atoms with Gasteiger partial charge in [0.1, 0.15) is 0 Å². The molecule has 0 spiro atoms. The van der Waals surface area contributed by atoms with Crippen LogP contribution in [0.5, 0.6) is 0 Å². The normalized spacial score (nSPS) is 14.7. The van der Waals surface area contributed by atoms with Crippen LogP contribution in [0.1, 0.15) is 13.8 Å². The van der Waals surface area contributed by atoms with E-state index >= 15 is 0 Å². The van der Waals surface area contributed by atoms with Crippen molar-refractivity contribution in [1.29, 1.82) is 0 Å². The molecule has 0 unspecified atom stereocenters. The molecule has 1 aromatic heterocycles. The summed E-state index contributed by atoms with van der Waals surface area (Å²) in [5, 5.41) is 4.71. The Kier molecular flexibility index (Phi) is 2.82. The van der Waals surface area contributed by atoms with Crippen molar-refractivity contribution < 1.29 is 0 Å². The third kappa shape index (κ3) is 1.90. The third-order valence-electron chi connectivity index (χ3n) is 3.35. The second-order valence-electron chi connectivity index (χ2n) is 5.30. The summed E-state index contributed by atoms with van der Waals surface area (Å²) in [6, 6.07) is 8.39. The minimum Gasteiger partial charge on any atom is -0.380 e. The number of para-hydroxylation sites is 1. The number of benzene rings is 1. The molecule has 0 saturated carbocycles. The van der Waals surface area contributed by atoms with Crippen LogP contribution in [0, 0.1) is 5.92 Å². The molecule has 0 fully saturated rings. The van der Waals surface area contributed by atoms with Gasteiger partial charge in [-0.3, -0.25) is 4.98 Å². The average molecular weight is 241 g/mol. The molecule has 3 rings (SSSR count). The maximum absolute atomic E-state index is 4.52. The second-order valence-corrected chi connectivity index (χ2v) is 5.30. The molecule has 0 radical (unpaired) electrons. The van der Waals surface area contributed by atoms with Gasteiger partial charge < -0.3 is 10.2 Å². The van der Waals surface area contributed by atoms with E-state index in [1.807, 2.05) is 12.3 Å². The van der Waals surface area contributed by atoms with Gasteiger partial charge in [-0.2, -0.15) is 0 Å². The molecule has 0 saturated heterocycles. The van der Waals surface area contributed by atoms with E-state index in [-0.39, 0.29) is 0 Å². The highest BCUT2D eigenvalue weighted by Crippen LogP contribution is 2.35. The first-order chi connectivity index (χ1) is 8.75. The smallest absolute Gasteiger partial charge is 0.0771 e. The average Bonchev–Trinajstić information content (AvgIpc) is 2.38. The molecule has 2 heterocycles. The van der Waals surface area contributed by atoms with E-state index in [1.54, 1.807) is 0 Å². The van der Waals surface area contributed by atoms with E-state index in [2.05, 4.69) is 47.2 Å². The maximum Gasteiger partial charge on any atom is 0.0771 e. The predicted octanol–water partition coefficient (Wildman–Crippen LogP) is 3.12. The van der Waals surface area contributed by atoms with Gasteiger partial charge in [-0.1, -0.05) is 32.0 Å². The van der Waals surface area contributed by atoms with Crippen molar-refractivity contribution in [1.82, 2.24) is 4.98 Å². The van der Waals surface area contributed by atoms with Crippen molar-refractivity contribution in [2.75, 3.05) is 29.9 Å². The fourth-order valence-corrected chi connectivity index (χ4v) is 2.66. The van der Waals surface area contributed by atoms with Gasteiger partial charge in [0.15, 0.2) is 0 Å². The van der Waals surface area contributed by atoms with Gasteiger partial charge in [0.2, 0.25) is 0 Å². The van der Waals surface area contributed by atoms with Crippen LogP contribution in [-0.2, 0) is 0 Å². The highest BCUT2D eigenvalue weighted by molar-refractivity contribution is 5.98. The topological polar surface area (TPSA) is 28.2 Å². The number of hydrogen-bond donors (Lipinski definition) is 1. The summed E-state index contributed by atoms with van der Waals surface area (Å²) in [6.45, 7) is 7.71. The number of hydrogen-bond acceptors (Lipinski definition) is 3. The van der Waals surface area contributed by atoms with Gasteiger partial charge in [0.25, 0.3) is 0 Å². The summed E-state index contributed by atoms with van der Waals surface area (Å²) in [5.74, 6) is 0.669. The fourth-order valence-electron chi connectivity index (χ4n) is 2.66. The van der Waals surface area contributed by atoms with Crippen LogP contribution in [0.4, 0.5) is 11.4 Å². The molecule has 0 bridgehead atoms. The summed E-state index contributed by atoms with van der Waals surface area (Å²) in [6.07, 6.45) is 1.96.